The first kappa shape index (κ1) is 10.4. The molecule has 0 atom stereocenters. The summed E-state index contributed by atoms with van der Waals surface area (Å²) in [5.74, 6) is -0.949. The summed E-state index contributed by atoms with van der Waals surface area (Å²) < 4.78 is 0. The third-order valence-corrected chi connectivity index (χ3v) is 2.69. The highest BCUT2D eigenvalue weighted by Gasteiger charge is 2.12. The fraction of sp³-hybridized carbons (Fsp3) is 0.222. The molecule has 0 spiro atoms. The number of allylic oxidation sites excluding steroid dienone is 2. The molecule has 0 fully saturated rings. The lowest BCUT2D eigenvalue weighted by molar-refractivity contribution is 0.0701. The number of hydrogen-bond donors (Lipinski definition) is 1. The Bertz CT molecular complexity index is 415. The van der Waals surface area contributed by atoms with Gasteiger partial charge < -0.3 is 5.11 Å². The van der Waals surface area contributed by atoms with Crippen molar-refractivity contribution in [1.29, 1.82) is 5.26 Å². The Morgan fingerprint density at radius 1 is 1.79 bits per heavy atom. The summed E-state index contributed by atoms with van der Waals surface area (Å²) in [5.41, 5.74) is 0.530. The number of aryl methyl sites for hydroxylation is 1. The van der Waals surface area contributed by atoms with Crippen LogP contribution in [0.3, 0.4) is 0 Å². The molecule has 1 N–H and O–H groups in total. The predicted molar refractivity (Wildman–Crippen MR) is 52.3 cm³/mol. The number of aromatic nitrogens is 1. The number of thiazole rings is 1. The second-order valence-electron chi connectivity index (χ2n) is 2.56. The molecule has 0 aliphatic carbocycles. The van der Waals surface area contributed by atoms with Crippen LogP contribution < -0.4 is 0 Å². The fourth-order valence-corrected chi connectivity index (χ4v) is 1.83. The van der Waals surface area contributed by atoms with Crippen molar-refractivity contribution in [1.82, 2.24) is 4.98 Å². The van der Waals surface area contributed by atoms with E-state index in [0.717, 1.165) is 11.3 Å². The van der Waals surface area contributed by atoms with Crippen molar-refractivity contribution in [3.8, 4) is 6.07 Å². The largest absolute Gasteiger partial charge is 0.477 e. The molecule has 0 unspecified atom stereocenters. The van der Waals surface area contributed by atoms with Gasteiger partial charge in [0.05, 0.1) is 16.8 Å². The number of rotatable bonds is 3. The lowest BCUT2D eigenvalue weighted by Gasteiger charge is -1.84. The van der Waals surface area contributed by atoms with Crippen molar-refractivity contribution >= 4 is 17.3 Å². The maximum Gasteiger partial charge on any atom is 0.347 e. The molecule has 0 aliphatic rings. The summed E-state index contributed by atoms with van der Waals surface area (Å²) in [6.07, 6.45) is 3.52. The van der Waals surface area contributed by atoms with Gasteiger partial charge in [-0.05, 0) is 6.92 Å². The topological polar surface area (TPSA) is 74.0 Å². The van der Waals surface area contributed by atoms with Crippen molar-refractivity contribution in [2.75, 3.05) is 0 Å². The Morgan fingerprint density at radius 2 is 2.50 bits per heavy atom. The molecule has 0 aromatic carbocycles. The summed E-state index contributed by atoms with van der Waals surface area (Å²) >= 11 is 1.15. The van der Waals surface area contributed by atoms with Crippen LogP contribution in [0.4, 0.5) is 0 Å². The van der Waals surface area contributed by atoms with Gasteiger partial charge in [0.1, 0.15) is 4.88 Å². The van der Waals surface area contributed by atoms with Crippen LogP contribution in [0.5, 0.6) is 0 Å². The van der Waals surface area contributed by atoms with E-state index >= 15 is 0 Å². The Balaban J connectivity index is 2.82. The van der Waals surface area contributed by atoms with Crippen LogP contribution in [0.25, 0.3) is 0 Å². The zero-order valence-corrected chi connectivity index (χ0v) is 8.34. The number of aromatic carboxylic acids is 1. The Kier molecular flexibility index (Phi) is 3.37. The van der Waals surface area contributed by atoms with Crippen molar-refractivity contribution in [3.05, 3.63) is 27.7 Å². The Labute approximate surface area is 85.1 Å². The first-order valence-electron chi connectivity index (χ1n) is 3.89. The number of nitriles is 1. The number of carbonyl (C=O) groups is 1. The molecule has 0 radical (unpaired) electrons. The highest BCUT2D eigenvalue weighted by Crippen LogP contribution is 2.18. The highest BCUT2D eigenvalue weighted by atomic mass is 32.1. The van der Waals surface area contributed by atoms with Crippen LogP contribution in [0.15, 0.2) is 12.2 Å². The second kappa shape index (κ2) is 4.53. The number of nitrogens with zero attached hydrogens (tertiary/aromatic N) is 2. The predicted octanol–water partition coefficient (Wildman–Crippen LogP) is 1.77. The van der Waals surface area contributed by atoms with Gasteiger partial charge >= 0.3 is 5.97 Å². The van der Waals surface area contributed by atoms with Gasteiger partial charge in [0.2, 0.25) is 0 Å². The van der Waals surface area contributed by atoms with Crippen LogP contribution in [-0.4, -0.2) is 16.1 Å². The van der Waals surface area contributed by atoms with Crippen molar-refractivity contribution in [3.63, 3.8) is 0 Å². The quantitative estimate of drug-likeness (QED) is 0.768. The van der Waals surface area contributed by atoms with Crippen LogP contribution in [0, 0.1) is 18.3 Å². The zero-order valence-electron chi connectivity index (χ0n) is 7.52. The number of carboxylic acid groups (broad SMARTS) is 1. The molecule has 0 saturated heterocycles. The third kappa shape index (κ3) is 2.41. The summed E-state index contributed by atoms with van der Waals surface area (Å²) in [5, 5.41) is 17.7. The first-order valence-corrected chi connectivity index (χ1v) is 4.71. The van der Waals surface area contributed by atoms with Gasteiger partial charge in [0, 0.05) is 12.5 Å². The van der Waals surface area contributed by atoms with Gasteiger partial charge in [-0.3, -0.25) is 0 Å². The van der Waals surface area contributed by atoms with E-state index in [1.54, 1.807) is 13.0 Å². The van der Waals surface area contributed by atoms with Crippen LogP contribution in [0.1, 0.15) is 20.4 Å². The van der Waals surface area contributed by atoms with Crippen LogP contribution in [-0.2, 0) is 6.42 Å². The minimum Gasteiger partial charge on any atom is -0.477 e. The van der Waals surface area contributed by atoms with Gasteiger partial charge in [0.15, 0.2) is 0 Å². The standard InChI is InChI=1S/C9H8N2O2S/c1-6-8(9(12)13)14-7(11-6)4-2-3-5-10/h2-3H,4H2,1H3,(H,12,13)/b3-2+. The first-order chi connectivity index (χ1) is 6.65. The average Bonchev–Trinajstić information content (AvgIpc) is 2.47. The Morgan fingerprint density at radius 3 is 3.00 bits per heavy atom. The third-order valence-electron chi connectivity index (χ3n) is 1.52. The number of hydrogen-bond acceptors (Lipinski definition) is 4. The molecular formula is C9H8N2O2S. The molecule has 0 aliphatic heterocycles. The maximum atomic E-state index is 10.7. The monoisotopic (exact) mass is 208 g/mol. The highest BCUT2D eigenvalue weighted by molar-refractivity contribution is 7.13. The van der Waals surface area contributed by atoms with E-state index in [0.29, 0.717) is 17.1 Å². The van der Waals surface area contributed by atoms with Crippen molar-refractivity contribution in [2.45, 2.75) is 13.3 Å². The van der Waals surface area contributed by atoms with E-state index < -0.39 is 5.97 Å². The summed E-state index contributed by atoms with van der Waals surface area (Å²) in [6, 6.07) is 1.86. The summed E-state index contributed by atoms with van der Waals surface area (Å²) in [4.78, 5) is 15.0. The van der Waals surface area contributed by atoms with Gasteiger partial charge in [-0.25, -0.2) is 9.78 Å². The summed E-state index contributed by atoms with van der Waals surface area (Å²) in [7, 11) is 0. The van der Waals surface area contributed by atoms with Gasteiger partial charge in [0.25, 0.3) is 0 Å². The van der Waals surface area contributed by atoms with Crippen LogP contribution in [0.2, 0.25) is 0 Å². The lowest BCUT2D eigenvalue weighted by atomic mass is 10.4. The van der Waals surface area contributed by atoms with E-state index in [1.165, 1.54) is 6.08 Å². The molecule has 1 heterocycles. The van der Waals surface area contributed by atoms with Crippen molar-refractivity contribution < 1.29 is 9.90 Å². The van der Waals surface area contributed by atoms with Gasteiger partial charge in [-0.2, -0.15) is 5.26 Å². The minimum atomic E-state index is -0.949. The summed E-state index contributed by atoms with van der Waals surface area (Å²) in [6.45, 7) is 1.66. The van der Waals surface area contributed by atoms with Crippen LogP contribution >= 0.6 is 11.3 Å². The molecule has 1 aromatic heterocycles. The molecule has 1 rings (SSSR count). The molecule has 0 saturated carbocycles. The molecule has 1 aromatic rings. The van der Waals surface area contributed by atoms with Gasteiger partial charge in [-0.1, -0.05) is 6.08 Å². The van der Waals surface area contributed by atoms with E-state index in [9.17, 15) is 4.79 Å². The zero-order chi connectivity index (χ0) is 10.6. The second-order valence-corrected chi connectivity index (χ2v) is 3.65. The molecule has 72 valence electrons. The molecule has 0 bridgehead atoms. The molecule has 5 heteroatoms. The molecule has 4 nitrogen and oxygen atoms in total. The minimum absolute atomic E-state index is 0.269. The van der Waals surface area contributed by atoms with E-state index in [2.05, 4.69) is 4.98 Å². The van der Waals surface area contributed by atoms with E-state index in [1.807, 2.05) is 6.07 Å². The Hall–Kier alpha value is -1.67. The molecule has 0 amide bonds. The molecular weight excluding hydrogens is 200 g/mol. The SMILES string of the molecule is Cc1nc(C/C=C/C#N)sc1C(=O)O. The maximum absolute atomic E-state index is 10.7. The number of carboxylic acids is 1. The lowest BCUT2D eigenvalue weighted by Crippen LogP contribution is -1.94. The fourth-order valence-electron chi connectivity index (χ4n) is 0.950. The normalized spacial score (nSPS) is 10.3. The average molecular weight is 208 g/mol. The van der Waals surface area contributed by atoms with Gasteiger partial charge in [-0.15, -0.1) is 11.3 Å². The van der Waals surface area contributed by atoms with E-state index in [4.69, 9.17) is 10.4 Å². The smallest absolute Gasteiger partial charge is 0.347 e. The van der Waals surface area contributed by atoms with E-state index in [-0.39, 0.29) is 4.88 Å². The molecule has 14 heavy (non-hydrogen) atoms. The van der Waals surface area contributed by atoms with Crippen molar-refractivity contribution in [2.24, 2.45) is 0 Å².